The average Bonchev–Trinajstić information content (AvgIpc) is 2.76. The first-order valence-corrected chi connectivity index (χ1v) is 10.8. The fourth-order valence-electron chi connectivity index (χ4n) is 3.72. The number of ether oxygens (including phenoxy) is 1. The van der Waals surface area contributed by atoms with E-state index < -0.39 is 22.2 Å². The molecule has 1 aromatic heterocycles. The molecular weight excluding hydrogens is 388 g/mol. The molecule has 0 saturated heterocycles. The molecule has 2 aromatic carbocycles. The summed E-state index contributed by atoms with van der Waals surface area (Å²) in [5, 5.41) is 11.1. The van der Waals surface area contributed by atoms with Crippen molar-refractivity contribution >= 4 is 10.0 Å². The molecule has 3 aromatic rings. The second kappa shape index (κ2) is 7.94. The van der Waals surface area contributed by atoms with Crippen LogP contribution in [0.25, 0.3) is 0 Å². The predicted molar refractivity (Wildman–Crippen MR) is 109 cm³/mol. The third-order valence-electron chi connectivity index (χ3n) is 5.22. The molecule has 0 amide bonds. The Balaban J connectivity index is 1.76. The Bertz CT molecular complexity index is 1090. The largest absolute Gasteiger partial charge is 0.497 e. The molecule has 29 heavy (non-hydrogen) atoms. The van der Waals surface area contributed by atoms with Gasteiger partial charge < -0.3 is 9.84 Å². The highest BCUT2D eigenvalue weighted by molar-refractivity contribution is 7.89. The number of hydrogen-bond donors (Lipinski definition) is 1. The highest BCUT2D eigenvalue weighted by Crippen LogP contribution is 2.39. The lowest BCUT2D eigenvalue weighted by Gasteiger charge is -2.39. The van der Waals surface area contributed by atoms with Crippen molar-refractivity contribution in [3.8, 4) is 5.75 Å². The fourth-order valence-corrected chi connectivity index (χ4v) is 5.57. The molecule has 0 radical (unpaired) electrons. The Kier molecular flexibility index (Phi) is 5.36. The number of pyridine rings is 1. The van der Waals surface area contributed by atoms with Gasteiger partial charge in [0.25, 0.3) is 0 Å². The van der Waals surface area contributed by atoms with Gasteiger partial charge in [0.2, 0.25) is 10.0 Å². The molecule has 1 N–H and O–H groups in total. The number of benzene rings is 2. The van der Waals surface area contributed by atoms with Crippen molar-refractivity contribution in [2.45, 2.75) is 30.0 Å². The molecule has 0 unspecified atom stereocenters. The SMILES string of the molecule is COc1ccc(C[C@@H]2[C@H](O)c3ccccc3S(=O)(=O)N2Cc2cccnc2)cc1. The van der Waals surface area contributed by atoms with Gasteiger partial charge in [-0.2, -0.15) is 4.31 Å². The molecule has 4 rings (SSSR count). The molecule has 7 heteroatoms. The molecule has 0 bridgehead atoms. The topological polar surface area (TPSA) is 79.7 Å². The Labute approximate surface area is 170 Å². The third-order valence-corrected chi connectivity index (χ3v) is 7.17. The lowest BCUT2D eigenvalue weighted by Crippen LogP contribution is -2.48. The second-order valence-corrected chi connectivity index (χ2v) is 8.87. The molecule has 0 aliphatic carbocycles. The van der Waals surface area contributed by atoms with Crippen molar-refractivity contribution in [1.82, 2.24) is 9.29 Å². The van der Waals surface area contributed by atoms with Gasteiger partial charge in [-0.15, -0.1) is 0 Å². The fraction of sp³-hybridized carbons (Fsp3) is 0.227. The molecule has 2 atom stereocenters. The first-order valence-electron chi connectivity index (χ1n) is 9.31. The summed E-state index contributed by atoms with van der Waals surface area (Å²) in [5.74, 6) is 0.725. The van der Waals surface area contributed by atoms with Crippen LogP contribution in [0.4, 0.5) is 0 Å². The molecule has 6 nitrogen and oxygen atoms in total. The molecular formula is C22H22N2O4S. The van der Waals surface area contributed by atoms with Gasteiger partial charge in [0.05, 0.1) is 24.2 Å². The van der Waals surface area contributed by atoms with E-state index in [-0.39, 0.29) is 11.4 Å². The number of methoxy groups -OCH3 is 1. The van der Waals surface area contributed by atoms with Gasteiger partial charge in [0.1, 0.15) is 5.75 Å². The quantitative estimate of drug-likeness (QED) is 0.700. The minimum Gasteiger partial charge on any atom is -0.497 e. The number of aliphatic hydroxyl groups is 1. The third kappa shape index (κ3) is 3.76. The standard InChI is InChI=1S/C22H22N2O4S/c1-28-18-10-8-16(9-11-18)13-20-22(25)19-6-2-3-7-21(19)29(26,27)24(20)15-17-5-4-12-23-14-17/h2-12,14,20,22,25H,13,15H2,1H3/t20-,22-/m1/s1. The number of nitrogens with zero attached hydrogens (tertiary/aromatic N) is 2. The lowest BCUT2D eigenvalue weighted by atomic mass is 9.95. The van der Waals surface area contributed by atoms with E-state index in [0.29, 0.717) is 12.0 Å². The van der Waals surface area contributed by atoms with Crippen molar-refractivity contribution < 1.29 is 18.3 Å². The summed E-state index contributed by atoms with van der Waals surface area (Å²) in [5.41, 5.74) is 2.12. The first kappa shape index (κ1) is 19.6. The van der Waals surface area contributed by atoms with Crippen molar-refractivity contribution in [1.29, 1.82) is 0 Å². The Morgan fingerprint density at radius 2 is 1.79 bits per heavy atom. The summed E-state index contributed by atoms with van der Waals surface area (Å²) in [6.45, 7) is 0.141. The number of rotatable bonds is 5. The minimum atomic E-state index is -3.78. The zero-order valence-corrected chi connectivity index (χ0v) is 16.8. The van der Waals surface area contributed by atoms with Crippen LogP contribution in [0.1, 0.15) is 22.8 Å². The van der Waals surface area contributed by atoms with E-state index in [4.69, 9.17) is 4.74 Å². The van der Waals surface area contributed by atoms with E-state index in [0.717, 1.165) is 16.9 Å². The van der Waals surface area contributed by atoms with Crippen LogP contribution in [-0.2, 0) is 23.0 Å². The Hall–Kier alpha value is -2.74. The zero-order chi connectivity index (χ0) is 20.4. The van der Waals surface area contributed by atoms with E-state index in [9.17, 15) is 13.5 Å². The Morgan fingerprint density at radius 1 is 1.03 bits per heavy atom. The van der Waals surface area contributed by atoms with Gasteiger partial charge in [-0.25, -0.2) is 8.42 Å². The number of hydrogen-bond acceptors (Lipinski definition) is 5. The van der Waals surface area contributed by atoms with E-state index in [1.807, 2.05) is 30.3 Å². The van der Waals surface area contributed by atoms with E-state index in [2.05, 4.69) is 4.98 Å². The van der Waals surface area contributed by atoms with Crippen LogP contribution in [0.2, 0.25) is 0 Å². The van der Waals surface area contributed by atoms with Gasteiger partial charge >= 0.3 is 0 Å². The second-order valence-electron chi connectivity index (χ2n) is 7.01. The molecule has 1 aliphatic heterocycles. The number of fused-ring (bicyclic) bond motifs is 1. The van der Waals surface area contributed by atoms with E-state index >= 15 is 0 Å². The summed E-state index contributed by atoms with van der Waals surface area (Å²) < 4.78 is 33.4. The highest BCUT2D eigenvalue weighted by atomic mass is 32.2. The summed E-state index contributed by atoms with van der Waals surface area (Å²) in [7, 11) is -2.18. The van der Waals surface area contributed by atoms with Crippen LogP contribution in [0.5, 0.6) is 5.75 Å². The Morgan fingerprint density at radius 3 is 2.48 bits per heavy atom. The van der Waals surface area contributed by atoms with Crippen molar-refractivity contribution in [3.63, 3.8) is 0 Å². The van der Waals surface area contributed by atoms with Gasteiger partial charge in [-0.1, -0.05) is 36.4 Å². The van der Waals surface area contributed by atoms with Gasteiger partial charge in [0, 0.05) is 24.5 Å². The smallest absolute Gasteiger partial charge is 0.244 e. The van der Waals surface area contributed by atoms with Crippen LogP contribution >= 0.6 is 0 Å². The highest BCUT2D eigenvalue weighted by Gasteiger charge is 2.43. The maximum atomic E-state index is 13.4. The predicted octanol–water partition coefficient (Wildman–Crippen LogP) is 2.94. The van der Waals surface area contributed by atoms with Crippen LogP contribution in [-0.4, -0.2) is 36.0 Å². The van der Waals surface area contributed by atoms with Crippen LogP contribution in [0.3, 0.4) is 0 Å². The van der Waals surface area contributed by atoms with Crippen molar-refractivity contribution in [2.75, 3.05) is 7.11 Å². The summed E-state index contributed by atoms with van der Waals surface area (Å²) in [6.07, 6.45) is 2.73. The molecule has 150 valence electrons. The summed E-state index contributed by atoms with van der Waals surface area (Å²) in [4.78, 5) is 4.25. The zero-order valence-electron chi connectivity index (χ0n) is 16.0. The minimum absolute atomic E-state index is 0.141. The first-order chi connectivity index (χ1) is 14.0. The van der Waals surface area contributed by atoms with Crippen LogP contribution < -0.4 is 4.74 Å². The number of aliphatic hydroxyl groups excluding tert-OH is 1. The van der Waals surface area contributed by atoms with Gasteiger partial charge in [0.15, 0.2) is 0 Å². The summed E-state index contributed by atoms with van der Waals surface area (Å²) >= 11 is 0. The normalized spacial score (nSPS) is 20.8. The maximum Gasteiger partial charge on any atom is 0.244 e. The molecule has 2 heterocycles. The average molecular weight is 410 g/mol. The van der Waals surface area contributed by atoms with Gasteiger partial charge in [-0.05, 0) is 41.8 Å². The molecule has 0 spiro atoms. The van der Waals surface area contributed by atoms with Crippen LogP contribution in [0.15, 0.2) is 78.0 Å². The number of sulfonamides is 1. The molecule has 0 saturated carbocycles. The van der Waals surface area contributed by atoms with E-state index in [1.165, 1.54) is 4.31 Å². The van der Waals surface area contributed by atoms with Gasteiger partial charge in [-0.3, -0.25) is 4.98 Å². The summed E-state index contributed by atoms with van der Waals surface area (Å²) in [6, 6.07) is 17.1. The maximum absolute atomic E-state index is 13.4. The van der Waals surface area contributed by atoms with Crippen molar-refractivity contribution in [2.24, 2.45) is 0 Å². The molecule has 1 aliphatic rings. The monoisotopic (exact) mass is 410 g/mol. The van der Waals surface area contributed by atoms with E-state index in [1.54, 1.807) is 49.8 Å². The molecule has 0 fully saturated rings. The number of aromatic nitrogens is 1. The van der Waals surface area contributed by atoms with Crippen molar-refractivity contribution in [3.05, 3.63) is 89.7 Å². The lowest BCUT2D eigenvalue weighted by molar-refractivity contribution is 0.0769. The van der Waals surface area contributed by atoms with Crippen LogP contribution in [0, 0.1) is 0 Å².